The highest BCUT2D eigenvalue weighted by Crippen LogP contribution is 2.20. The molecule has 0 unspecified atom stereocenters. The van der Waals surface area contributed by atoms with E-state index < -0.39 is 5.54 Å². The maximum Gasteiger partial charge on any atom is 0.263 e. The molecule has 0 fully saturated rings. The molecule has 0 saturated carbocycles. The number of halogens is 1. The van der Waals surface area contributed by atoms with Crippen molar-refractivity contribution < 1.29 is 13.9 Å². The molecule has 0 aliphatic rings. The molecule has 1 aromatic carbocycles. The van der Waals surface area contributed by atoms with Crippen LogP contribution in [-0.4, -0.2) is 23.0 Å². The van der Waals surface area contributed by atoms with E-state index in [2.05, 4.69) is 10.3 Å². The lowest BCUT2D eigenvalue weighted by atomic mass is 10.1. The zero-order valence-corrected chi connectivity index (χ0v) is 14.2. The number of benzene rings is 1. The molecule has 2 aromatic rings. The molecule has 124 valence electrons. The van der Waals surface area contributed by atoms with Gasteiger partial charge in [0.05, 0.1) is 5.69 Å². The number of hydrogen-bond donors (Lipinski definition) is 2. The van der Waals surface area contributed by atoms with Gasteiger partial charge in [-0.1, -0.05) is 0 Å². The van der Waals surface area contributed by atoms with E-state index in [-0.39, 0.29) is 18.3 Å². The van der Waals surface area contributed by atoms with E-state index in [4.69, 9.17) is 10.5 Å². The topological polar surface area (TPSA) is 77.2 Å². The molecule has 0 atom stereocenters. The van der Waals surface area contributed by atoms with Gasteiger partial charge in [0.2, 0.25) is 0 Å². The van der Waals surface area contributed by atoms with E-state index in [1.165, 1.54) is 23.5 Å². The Morgan fingerprint density at radius 1 is 1.39 bits per heavy atom. The summed E-state index contributed by atoms with van der Waals surface area (Å²) in [6, 6.07) is 5.76. The number of rotatable bonds is 6. The summed E-state index contributed by atoms with van der Waals surface area (Å²) < 4.78 is 18.4. The number of ether oxygens (including phenoxy) is 1. The lowest BCUT2D eigenvalue weighted by Gasteiger charge is -2.18. The Hall–Kier alpha value is -1.99. The molecule has 1 heterocycles. The monoisotopic (exact) mass is 337 g/mol. The molecule has 0 aliphatic heterocycles. The Bertz CT molecular complexity index is 678. The third-order valence-electron chi connectivity index (χ3n) is 2.93. The molecular weight excluding hydrogens is 317 g/mol. The number of aryl methyl sites for hydroxylation is 1. The molecule has 2 rings (SSSR count). The minimum Gasteiger partial charge on any atom is -0.486 e. The SMILES string of the molecule is Cc1nc(COc2ccc(F)cc2)sc1C(=O)NCC(C)(C)N. The van der Waals surface area contributed by atoms with Gasteiger partial charge >= 0.3 is 0 Å². The van der Waals surface area contributed by atoms with Crippen LogP contribution in [0.2, 0.25) is 0 Å². The molecule has 0 radical (unpaired) electrons. The van der Waals surface area contributed by atoms with Crippen molar-refractivity contribution in [1.29, 1.82) is 0 Å². The van der Waals surface area contributed by atoms with Crippen molar-refractivity contribution in [3.05, 3.63) is 45.7 Å². The molecule has 7 heteroatoms. The highest BCUT2D eigenvalue weighted by atomic mass is 32.1. The number of nitrogens with zero attached hydrogens (tertiary/aromatic N) is 1. The van der Waals surface area contributed by atoms with Gasteiger partial charge in [-0.05, 0) is 45.0 Å². The summed E-state index contributed by atoms with van der Waals surface area (Å²) in [7, 11) is 0. The number of thiazole rings is 1. The summed E-state index contributed by atoms with van der Waals surface area (Å²) in [6.45, 7) is 6.07. The number of carbonyl (C=O) groups excluding carboxylic acids is 1. The molecule has 1 aromatic heterocycles. The molecule has 0 bridgehead atoms. The number of hydrogen-bond acceptors (Lipinski definition) is 5. The molecular formula is C16H20FN3O2S. The van der Waals surface area contributed by atoms with E-state index in [0.29, 0.717) is 27.9 Å². The molecule has 23 heavy (non-hydrogen) atoms. The minimum absolute atomic E-state index is 0.188. The maximum absolute atomic E-state index is 12.8. The zero-order chi connectivity index (χ0) is 17.0. The molecule has 0 saturated heterocycles. The zero-order valence-electron chi connectivity index (χ0n) is 13.4. The van der Waals surface area contributed by atoms with Crippen LogP contribution in [0.5, 0.6) is 5.75 Å². The van der Waals surface area contributed by atoms with E-state index >= 15 is 0 Å². The Morgan fingerprint density at radius 2 is 2.04 bits per heavy atom. The van der Waals surface area contributed by atoms with Crippen LogP contribution in [0.15, 0.2) is 24.3 Å². The van der Waals surface area contributed by atoms with Crippen molar-refractivity contribution in [3.8, 4) is 5.75 Å². The lowest BCUT2D eigenvalue weighted by molar-refractivity contribution is 0.0949. The standard InChI is InChI=1S/C16H20FN3O2S/c1-10-14(15(21)19-9-16(2,3)18)23-13(20-10)8-22-12-6-4-11(17)5-7-12/h4-7H,8-9,18H2,1-3H3,(H,19,21). The lowest BCUT2D eigenvalue weighted by Crippen LogP contribution is -2.45. The van der Waals surface area contributed by atoms with Crippen LogP contribution in [0.4, 0.5) is 4.39 Å². The highest BCUT2D eigenvalue weighted by molar-refractivity contribution is 7.13. The summed E-state index contributed by atoms with van der Waals surface area (Å²) in [5.74, 6) is 0.0471. The van der Waals surface area contributed by atoms with Crippen LogP contribution in [0.25, 0.3) is 0 Å². The largest absolute Gasteiger partial charge is 0.486 e. The average molecular weight is 337 g/mol. The van der Waals surface area contributed by atoms with Crippen molar-refractivity contribution in [2.45, 2.75) is 32.9 Å². The van der Waals surface area contributed by atoms with Crippen LogP contribution in [0.3, 0.4) is 0 Å². The van der Waals surface area contributed by atoms with E-state index in [1.807, 2.05) is 13.8 Å². The van der Waals surface area contributed by atoms with Gasteiger partial charge in [-0.25, -0.2) is 9.37 Å². The van der Waals surface area contributed by atoms with E-state index in [9.17, 15) is 9.18 Å². The Balaban J connectivity index is 1.97. The second-order valence-corrected chi connectivity index (χ2v) is 7.02. The molecule has 0 spiro atoms. The fourth-order valence-electron chi connectivity index (χ4n) is 1.79. The van der Waals surface area contributed by atoms with Crippen molar-refractivity contribution in [2.24, 2.45) is 5.73 Å². The first kappa shape index (κ1) is 17.4. The van der Waals surface area contributed by atoms with Gasteiger partial charge < -0.3 is 15.8 Å². The van der Waals surface area contributed by atoms with Crippen LogP contribution >= 0.6 is 11.3 Å². The van der Waals surface area contributed by atoms with E-state index in [1.54, 1.807) is 19.1 Å². The predicted octanol–water partition coefficient (Wildman–Crippen LogP) is 2.64. The van der Waals surface area contributed by atoms with E-state index in [0.717, 1.165) is 0 Å². The van der Waals surface area contributed by atoms with Crippen molar-refractivity contribution >= 4 is 17.2 Å². The Kier molecular flexibility index (Phi) is 5.33. The van der Waals surface area contributed by atoms with Gasteiger partial charge in [0.25, 0.3) is 5.91 Å². The number of nitrogens with one attached hydrogen (secondary N) is 1. The van der Waals surface area contributed by atoms with Gasteiger partial charge in [0, 0.05) is 12.1 Å². The average Bonchev–Trinajstić information content (AvgIpc) is 2.84. The molecule has 1 amide bonds. The second kappa shape index (κ2) is 7.06. The summed E-state index contributed by atoms with van der Waals surface area (Å²) >= 11 is 1.28. The smallest absolute Gasteiger partial charge is 0.263 e. The van der Waals surface area contributed by atoms with Crippen molar-refractivity contribution in [2.75, 3.05) is 6.54 Å². The Labute approximate surface area is 138 Å². The van der Waals surface area contributed by atoms with Crippen LogP contribution in [0, 0.1) is 12.7 Å². The predicted molar refractivity (Wildman–Crippen MR) is 88.2 cm³/mol. The number of aromatic nitrogens is 1. The summed E-state index contributed by atoms with van der Waals surface area (Å²) in [5, 5.41) is 3.48. The van der Waals surface area contributed by atoms with Crippen molar-refractivity contribution in [1.82, 2.24) is 10.3 Å². The van der Waals surface area contributed by atoms with Crippen LogP contribution in [-0.2, 0) is 6.61 Å². The van der Waals surface area contributed by atoms with Crippen LogP contribution in [0.1, 0.15) is 34.2 Å². The van der Waals surface area contributed by atoms with Crippen LogP contribution < -0.4 is 15.8 Å². The normalized spacial score (nSPS) is 11.3. The van der Waals surface area contributed by atoms with Gasteiger partial charge in [-0.15, -0.1) is 11.3 Å². The summed E-state index contributed by atoms with van der Waals surface area (Å²) in [5.41, 5.74) is 6.04. The quantitative estimate of drug-likeness (QED) is 0.849. The summed E-state index contributed by atoms with van der Waals surface area (Å²) in [4.78, 5) is 17.0. The number of amides is 1. The molecule has 5 nitrogen and oxygen atoms in total. The Morgan fingerprint density at radius 3 is 2.65 bits per heavy atom. The first-order valence-electron chi connectivity index (χ1n) is 7.16. The van der Waals surface area contributed by atoms with Crippen molar-refractivity contribution in [3.63, 3.8) is 0 Å². The van der Waals surface area contributed by atoms with Gasteiger partial charge in [-0.2, -0.15) is 0 Å². The first-order valence-corrected chi connectivity index (χ1v) is 7.98. The maximum atomic E-state index is 12.8. The molecule has 0 aliphatic carbocycles. The number of carbonyl (C=O) groups is 1. The number of nitrogens with two attached hydrogens (primary N) is 1. The third-order valence-corrected chi connectivity index (χ3v) is 4.06. The molecule has 3 N–H and O–H groups in total. The highest BCUT2D eigenvalue weighted by Gasteiger charge is 2.18. The second-order valence-electron chi connectivity index (χ2n) is 5.94. The summed E-state index contributed by atoms with van der Waals surface area (Å²) in [6.07, 6.45) is 0. The van der Waals surface area contributed by atoms with Gasteiger partial charge in [0.15, 0.2) is 0 Å². The van der Waals surface area contributed by atoms with Gasteiger partial charge in [0.1, 0.15) is 28.1 Å². The fraction of sp³-hybridized carbons (Fsp3) is 0.375. The third kappa shape index (κ3) is 5.30. The van der Waals surface area contributed by atoms with Gasteiger partial charge in [-0.3, -0.25) is 4.79 Å². The fourth-order valence-corrected chi connectivity index (χ4v) is 2.68. The first-order chi connectivity index (χ1) is 10.7. The minimum atomic E-state index is -0.469.